The van der Waals surface area contributed by atoms with Crippen LogP contribution in [0.2, 0.25) is 0 Å². The van der Waals surface area contributed by atoms with Crippen LogP contribution in [-0.4, -0.2) is 38.5 Å². The molecule has 0 radical (unpaired) electrons. The maximum atomic E-state index is 14.2. The number of alkyl halides is 6. The average Bonchev–Trinajstić information content (AvgIpc) is 2.78. The minimum Gasteiger partial charge on any atom is -0.427 e. The fraction of sp³-hybridized carbons (Fsp3) is 0.478. The molecule has 0 N–H and O–H groups in total. The van der Waals surface area contributed by atoms with E-state index in [-0.39, 0.29) is 12.9 Å². The molecule has 33 heavy (non-hydrogen) atoms. The minimum absolute atomic E-state index is 0.167. The molecule has 1 saturated carbocycles. The highest BCUT2D eigenvalue weighted by molar-refractivity contribution is 5.64. The maximum Gasteiger partial charge on any atom is 0.439 e. The van der Waals surface area contributed by atoms with Crippen LogP contribution in [0, 0.1) is 5.82 Å². The Bertz CT molecular complexity index is 907. The Kier molecular flexibility index (Phi) is 7.89. The van der Waals surface area contributed by atoms with Crippen molar-refractivity contribution >= 4 is 0 Å². The zero-order chi connectivity index (χ0) is 24.2. The van der Waals surface area contributed by atoms with Crippen molar-refractivity contribution in [2.24, 2.45) is 0 Å². The number of methoxy groups -OCH3 is 1. The molecular formula is C23H23F7O3. The molecular weight excluding hydrogens is 457 g/mol. The minimum atomic E-state index is -5.85. The first kappa shape index (κ1) is 25.3. The van der Waals surface area contributed by atoms with Gasteiger partial charge in [0.15, 0.2) is 11.6 Å². The van der Waals surface area contributed by atoms with Gasteiger partial charge in [0.25, 0.3) is 6.17 Å². The number of rotatable bonds is 8. The van der Waals surface area contributed by atoms with Crippen LogP contribution < -0.4 is 4.74 Å². The summed E-state index contributed by atoms with van der Waals surface area (Å²) < 4.78 is 105. The van der Waals surface area contributed by atoms with Crippen LogP contribution in [0.5, 0.6) is 5.75 Å². The van der Waals surface area contributed by atoms with Crippen molar-refractivity contribution in [1.29, 1.82) is 0 Å². The molecule has 3 nitrogen and oxygen atoms in total. The van der Waals surface area contributed by atoms with Gasteiger partial charge in [-0.2, -0.15) is 22.0 Å². The lowest BCUT2D eigenvalue weighted by molar-refractivity contribution is -0.305. The highest BCUT2D eigenvalue weighted by Crippen LogP contribution is 2.38. The number of hydrogen-bond donors (Lipinski definition) is 0. The second-order valence-corrected chi connectivity index (χ2v) is 7.88. The Morgan fingerprint density at radius 2 is 1.52 bits per heavy atom. The summed E-state index contributed by atoms with van der Waals surface area (Å²) >= 11 is 0. The molecule has 182 valence electrons. The topological polar surface area (TPSA) is 27.7 Å². The van der Waals surface area contributed by atoms with Gasteiger partial charge in [-0.05, 0) is 60.4 Å². The van der Waals surface area contributed by atoms with E-state index in [1.165, 1.54) is 6.07 Å². The van der Waals surface area contributed by atoms with E-state index in [1.807, 2.05) is 12.1 Å². The quantitative estimate of drug-likeness (QED) is 0.301. The predicted molar refractivity (Wildman–Crippen MR) is 106 cm³/mol. The standard InChI is InChI=1S/C23H23F7O3/c1-31-13-32-18-9-6-15(7-10-18)14-2-4-16(5-3-14)17-8-11-20(19(24)12-17)33-23(29,30)21(25)22(26,27)28/h2-5,8,11-12,15,18,21H,6-7,9-10,13H2,1H3. The van der Waals surface area contributed by atoms with Gasteiger partial charge < -0.3 is 14.2 Å². The third-order valence-corrected chi connectivity index (χ3v) is 5.57. The molecule has 2 aromatic carbocycles. The van der Waals surface area contributed by atoms with Crippen LogP contribution in [0.25, 0.3) is 11.1 Å². The average molecular weight is 480 g/mol. The van der Waals surface area contributed by atoms with E-state index >= 15 is 0 Å². The summed E-state index contributed by atoms with van der Waals surface area (Å²) in [6, 6.07) is 10.1. The van der Waals surface area contributed by atoms with E-state index < -0.39 is 30.0 Å². The molecule has 0 spiro atoms. The van der Waals surface area contributed by atoms with Gasteiger partial charge >= 0.3 is 12.3 Å². The van der Waals surface area contributed by atoms with Crippen molar-refractivity contribution in [1.82, 2.24) is 0 Å². The Morgan fingerprint density at radius 1 is 0.909 bits per heavy atom. The van der Waals surface area contributed by atoms with Crippen LogP contribution in [0.3, 0.4) is 0 Å². The summed E-state index contributed by atoms with van der Waals surface area (Å²) in [6.45, 7) is 0.263. The SMILES string of the molecule is COCOC1CCC(c2ccc(-c3ccc(OC(F)(F)C(F)C(F)(F)F)c(F)c3)cc2)CC1. The predicted octanol–water partition coefficient (Wildman–Crippen LogP) is 7.01. The number of ether oxygens (including phenoxy) is 3. The van der Waals surface area contributed by atoms with Gasteiger partial charge in [-0.25, -0.2) is 8.78 Å². The Labute approximate surface area is 186 Å². The van der Waals surface area contributed by atoms with Crippen molar-refractivity contribution in [3.8, 4) is 16.9 Å². The van der Waals surface area contributed by atoms with E-state index in [1.54, 1.807) is 19.2 Å². The Morgan fingerprint density at radius 3 is 2.06 bits per heavy atom. The lowest BCUT2D eigenvalue weighted by Crippen LogP contribution is -2.45. The fourth-order valence-corrected chi connectivity index (χ4v) is 3.83. The number of halogens is 7. The Balaban J connectivity index is 1.66. The molecule has 0 saturated heterocycles. The first-order chi connectivity index (χ1) is 15.5. The third kappa shape index (κ3) is 6.38. The van der Waals surface area contributed by atoms with Crippen LogP contribution in [0.1, 0.15) is 37.2 Å². The first-order valence-corrected chi connectivity index (χ1v) is 10.3. The van der Waals surface area contributed by atoms with E-state index in [0.29, 0.717) is 17.0 Å². The van der Waals surface area contributed by atoms with E-state index in [0.717, 1.165) is 43.4 Å². The molecule has 0 heterocycles. The highest BCUT2D eigenvalue weighted by atomic mass is 19.4. The van der Waals surface area contributed by atoms with Gasteiger partial charge in [-0.1, -0.05) is 30.3 Å². The summed E-state index contributed by atoms with van der Waals surface area (Å²) in [6.07, 6.45) is -11.8. The fourth-order valence-electron chi connectivity index (χ4n) is 3.83. The van der Waals surface area contributed by atoms with Crippen molar-refractivity contribution in [2.45, 2.75) is 56.2 Å². The molecule has 0 aromatic heterocycles. The normalized spacial score (nSPS) is 20.5. The van der Waals surface area contributed by atoms with Gasteiger partial charge in [-0.15, -0.1) is 0 Å². The van der Waals surface area contributed by atoms with Gasteiger partial charge in [0.1, 0.15) is 6.79 Å². The zero-order valence-corrected chi connectivity index (χ0v) is 17.7. The summed E-state index contributed by atoms with van der Waals surface area (Å²) in [5.74, 6) is -2.17. The molecule has 1 aliphatic carbocycles. The monoisotopic (exact) mass is 480 g/mol. The second-order valence-electron chi connectivity index (χ2n) is 7.88. The zero-order valence-electron chi connectivity index (χ0n) is 17.7. The lowest BCUT2D eigenvalue weighted by Gasteiger charge is -2.28. The van der Waals surface area contributed by atoms with Crippen LogP contribution in [-0.2, 0) is 9.47 Å². The van der Waals surface area contributed by atoms with Gasteiger partial charge in [0.05, 0.1) is 6.10 Å². The van der Waals surface area contributed by atoms with Crippen LogP contribution in [0.4, 0.5) is 30.7 Å². The van der Waals surface area contributed by atoms with E-state index in [9.17, 15) is 30.7 Å². The van der Waals surface area contributed by atoms with Crippen molar-refractivity contribution in [2.75, 3.05) is 13.9 Å². The molecule has 0 aliphatic heterocycles. The summed E-state index contributed by atoms with van der Waals surface area (Å²) in [5.41, 5.74) is 1.98. The lowest BCUT2D eigenvalue weighted by atomic mass is 9.82. The molecule has 3 rings (SSSR count). The largest absolute Gasteiger partial charge is 0.439 e. The van der Waals surface area contributed by atoms with Crippen molar-refractivity contribution in [3.63, 3.8) is 0 Å². The van der Waals surface area contributed by atoms with Gasteiger partial charge in [0, 0.05) is 7.11 Å². The van der Waals surface area contributed by atoms with E-state index in [4.69, 9.17) is 9.47 Å². The van der Waals surface area contributed by atoms with Gasteiger partial charge in [-0.3, -0.25) is 0 Å². The van der Waals surface area contributed by atoms with Crippen molar-refractivity contribution < 1.29 is 44.9 Å². The molecule has 10 heteroatoms. The van der Waals surface area contributed by atoms with E-state index in [2.05, 4.69) is 4.74 Å². The van der Waals surface area contributed by atoms with Crippen LogP contribution in [0.15, 0.2) is 42.5 Å². The number of hydrogen-bond acceptors (Lipinski definition) is 3. The summed E-state index contributed by atoms with van der Waals surface area (Å²) in [5, 5.41) is 0. The van der Waals surface area contributed by atoms with Gasteiger partial charge in [0.2, 0.25) is 0 Å². The Hall–Kier alpha value is -2.33. The molecule has 1 fully saturated rings. The van der Waals surface area contributed by atoms with Crippen molar-refractivity contribution in [3.05, 3.63) is 53.8 Å². The smallest absolute Gasteiger partial charge is 0.427 e. The third-order valence-electron chi connectivity index (χ3n) is 5.57. The molecule has 0 amide bonds. The number of benzene rings is 2. The first-order valence-electron chi connectivity index (χ1n) is 10.3. The highest BCUT2D eigenvalue weighted by Gasteiger charge is 2.59. The molecule has 1 aliphatic rings. The molecule has 1 unspecified atom stereocenters. The maximum absolute atomic E-state index is 14.2. The molecule has 0 bridgehead atoms. The van der Waals surface area contributed by atoms with Crippen LogP contribution >= 0.6 is 0 Å². The summed E-state index contributed by atoms with van der Waals surface area (Å²) in [4.78, 5) is 0. The molecule has 2 aromatic rings. The summed E-state index contributed by atoms with van der Waals surface area (Å²) in [7, 11) is 1.57. The second kappa shape index (κ2) is 10.3. The molecule has 1 atom stereocenters.